The number of amides is 1. The third kappa shape index (κ3) is 30.6. The summed E-state index contributed by atoms with van der Waals surface area (Å²) in [6.45, 7) is 3.29. The van der Waals surface area contributed by atoms with Gasteiger partial charge in [0.15, 0.2) is 6.29 Å². The molecule has 8 N–H and O–H groups in total. The second-order valence-electron chi connectivity index (χ2n) is 17.5. The summed E-state index contributed by atoms with van der Waals surface area (Å²) in [6, 6.07) is -1.20. The van der Waals surface area contributed by atoms with Gasteiger partial charge >= 0.3 is 0 Å². The molecule has 366 valence electrons. The Labute approximate surface area is 382 Å². The van der Waals surface area contributed by atoms with Crippen molar-refractivity contribution in [3.8, 4) is 0 Å². The Morgan fingerprint density at radius 3 is 1.59 bits per heavy atom. The molecule has 11 heteroatoms. The molecule has 1 rings (SSSR count). The van der Waals surface area contributed by atoms with E-state index >= 15 is 0 Å². The smallest absolute Gasteiger partial charge is 0.249 e. The number of ether oxygens (including phenoxy) is 2. The second-order valence-corrected chi connectivity index (χ2v) is 17.5. The largest absolute Gasteiger partial charge is 0.394 e. The molecule has 63 heavy (non-hydrogen) atoms. The van der Waals surface area contributed by atoms with Gasteiger partial charge in [0.25, 0.3) is 0 Å². The van der Waals surface area contributed by atoms with E-state index in [-0.39, 0.29) is 12.8 Å². The topological polar surface area (TPSA) is 189 Å². The minimum Gasteiger partial charge on any atom is -0.394 e. The SMILES string of the molecule is CC/C=C\C/C=C\CCCCCCCCCCCCCCCC(O)C(=O)NC(COC1OC(CO)C(O)C(O)C1O)C(O)C(O)CCC/C=C/CC/C=C/CC/C=C/CCCCC. The maximum Gasteiger partial charge on any atom is 0.249 e. The normalized spacial score (nSPS) is 21.7. The standard InChI is InChI=1S/C52H93NO10/c1-3-5-7-9-11-13-15-17-19-21-22-23-24-26-28-30-32-34-36-38-40-45(56)51(61)53-43(42-62-52-50(60)49(59)48(58)46(41-54)63-52)47(57)44(55)39-37-35-33-31-29-27-25-20-18-16-14-12-10-8-6-4-2/h5,7,11-14,20,25,31,33,43-50,52,54-60H,3-4,6,8-10,15-19,21-24,26-30,32,34-42H2,1-2H3,(H,53,61)/b7-5-,13-11-,14-12+,25-20+,33-31+. The van der Waals surface area contributed by atoms with Gasteiger partial charge in [-0.05, 0) is 89.9 Å². The van der Waals surface area contributed by atoms with Crippen LogP contribution in [0.2, 0.25) is 0 Å². The predicted octanol–water partition coefficient (Wildman–Crippen LogP) is 9.11. The Bertz CT molecular complexity index is 1210. The highest BCUT2D eigenvalue weighted by molar-refractivity contribution is 5.80. The van der Waals surface area contributed by atoms with Crippen LogP contribution in [0, 0.1) is 0 Å². The highest BCUT2D eigenvalue weighted by atomic mass is 16.7. The first-order valence-corrected chi connectivity index (χ1v) is 25.2. The van der Waals surface area contributed by atoms with Crippen molar-refractivity contribution in [1.82, 2.24) is 5.32 Å². The molecule has 0 aromatic heterocycles. The minimum absolute atomic E-state index is 0.239. The van der Waals surface area contributed by atoms with Crippen molar-refractivity contribution in [3.63, 3.8) is 0 Å². The molecule has 1 fully saturated rings. The molecule has 0 saturated carbocycles. The fourth-order valence-corrected chi connectivity index (χ4v) is 7.63. The van der Waals surface area contributed by atoms with Crippen molar-refractivity contribution in [2.75, 3.05) is 13.2 Å². The van der Waals surface area contributed by atoms with Gasteiger partial charge in [0, 0.05) is 0 Å². The first-order chi connectivity index (χ1) is 30.7. The molecule has 1 heterocycles. The summed E-state index contributed by atoms with van der Waals surface area (Å²) in [4.78, 5) is 13.1. The molecule has 9 unspecified atom stereocenters. The third-order valence-electron chi connectivity index (χ3n) is 11.8. The van der Waals surface area contributed by atoms with Crippen LogP contribution in [0.1, 0.15) is 194 Å². The molecule has 1 aliphatic heterocycles. The number of allylic oxidation sites excluding steroid dienone is 10. The van der Waals surface area contributed by atoms with Crippen molar-refractivity contribution < 1.29 is 50.0 Å². The Hall–Kier alpha value is -2.19. The summed E-state index contributed by atoms with van der Waals surface area (Å²) < 4.78 is 11.1. The van der Waals surface area contributed by atoms with Crippen LogP contribution < -0.4 is 5.32 Å². The van der Waals surface area contributed by atoms with Gasteiger partial charge in [0.1, 0.15) is 36.6 Å². The zero-order valence-electron chi connectivity index (χ0n) is 39.5. The number of carbonyl (C=O) groups excluding carboxylic acids is 1. The summed E-state index contributed by atoms with van der Waals surface area (Å²) >= 11 is 0. The Kier molecular flexibility index (Phi) is 38.5. The lowest BCUT2D eigenvalue weighted by atomic mass is 9.98. The average Bonchev–Trinajstić information content (AvgIpc) is 3.28. The van der Waals surface area contributed by atoms with Crippen LogP contribution in [-0.2, 0) is 14.3 Å². The second kappa shape index (κ2) is 41.3. The van der Waals surface area contributed by atoms with Gasteiger partial charge in [-0.1, -0.05) is 164 Å². The molecular weight excluding hydrogens is 799 g/mol. The van der Waals surface area contributed by atoms with Crippen LogP contribution >= 0.6 is 0 Å². The lowest BCUT2D eigenvalue weighted by Gasteiger charge is -2.40. The molecule has 1 saturated heterocycles. The Balaban J connectivity index is 2.42. The van der Waals surface area contributed by atoms with Crippen molar-refractivity contribution in [1.29, 1.82) is 0 Å². The molecule has 0 aromatic carbocycles. The average molecular weight is 892 g/mol. The van der Waals surface area contributed by atoms with Crippen molar-refractivity contribution in [3.05, 3.63) is 60.8 Å². The van der Waals surface area contributed by atoms with E-state index in [1.54, 1.807) is 0 Å². The quantitative estimate of drug-likeness (QED) is 0.0217. The third-order valence-corrected chi connectivity index (χ3v) is 11.8. The Morgan fingerprint density at radius 1 is 0.571 bits per heavy atom. The number of hydrogen-bond donors (Lipinski definition) is 8. The monoisotopic (exact) mass is 892 g/mol. The molecule has 1 aliphatic rings. The lowest BCUT2D eigenvalue weighted by Crippen LogP contribution is -2.60. The van der Waals surface area contributed by atoms with Gasteiger partial charge in [-0.3, -0.25) is 4.79 Å². The van der Waals surface area contributed by atoms with Crippen molar-refractivity contribution >= 4 is 5.91 Å². The first-order valence-electron chi connectivity index (χ1n) is 25.2. The molecule has 0 bridgehead atoms. The number of aliphatic hydroxyl groups is 7. The van der Waals surface area contributed by atoms with E-state index in [4.69, 9.17) is 9.47 Å². The van der Waals surface area contributed by atoms with Gasteiger partial charge in [0.2, 0.25) is 5.91 Å². The van der Waals surface area contributed by atoms with Gasteiger partial charge in [-0.2, -0.15) is 0 Å². The van der Waals surface area contributed by atoms with E-state index in [2.05, 4.69) is 79.9 Å². The molecule has 0 aromatic rings. The number of unbranched alkanes of at least 4 members (excludes halogenated alkanes) is 19. The summed E-state index contributed by atoms with van der Waals surface area (Å²) in [5, 5.41) is 75.8. The summed E-state index contributed by atoms with van der Waals surface area (Å²) in [5.74, 6) is -0.716. The number of carbonyl (C=O) groups is 1. The van der Waals surface area contributed by atoms with E-state index in [0.29, 0.717) is 19.3 Å². The summed E-state index contributed by atoms with van der Waals surface area (Å²) in [6.07, 6.45) is 39.8. The molecule has 0 radical (unpaired) electrons. The van der Waals surface area contributed by atoms with E-state index in [0.717, 1.165) is 64.2 Å². The van der Waals surface area contributed by atoms with Crippen molar-refractivity contribution in [2.45, 2.75) is 249 Å². The molecule has 11 nitrogen and oxygen atoms in total. The van der Waals surface area contributed by atoms with Gasteiger partial charge in [0.05, 0.1) is 25.4 Å². The fourth-order valence-electron chi connectivity index (χ4n) is 7.63. The number of aliphatic hydroxyl groups excluding tert-OH is 7. The first kappa shape index (κ1) is 58.8. The van der Waals surface area contributed by atoms with Crippen LogP contribution in [0.3, 0.4) is 0 Å². The molecule has 9 atom stereocenters. The van der Waals surface area contributed by atoms with Gasteiger partial charge in [-0.25, -0.2) is 0 Å². The maximum absolute atomic E-state index is 13.1. The van der Waals surface area contributed by atoms with Gasteiger partial charge in [-0.15, -0.1) is 0 Å². The van der Waals surface area contributed by atoms with Crippen molar-refractivity contribution in [2.24, 2.45) is 0 Å². The summed E-state index contributed by atoms with van der Waals surface area (Å²) in [5.41, 5.74) is 0. The molecular formula is C52H93NO10. The number of rotatable bonds is 41. The number of hydrogen-bond acceptors (Lipinski definition) is 10. The van der Waals surface area contributed by atoms with Gasteiger partial charge < -0.3 is 50.5 Å². The fraction of sp³-hybridized carbons (Fsp3) is 0.788. The predicted molar refractivity (Wildman–Crippen MR) is 256 cm³/mol. The van der Waals surface area contributed by atoms with E-state index in [1.165, 1.54) is 83.5 Å². The Morgan fingerprint density at radius 2 is 1.05 bits per heavy atom. The van der Waals surface area contributed by atoms with E-state index in [9.17, 15) is 40.5 Å². The lowest BCUT2D eigenvalue weighted by molar-refractivity contribution is -0.303. The highest BCUT2D eigenvalue weighted by Gasteiger charge is 2.44. The molecule has 1 amide bonds. The zero-order valence-corrected chi connectivity index (χ0v) is 39.5. The zero-order chi connectivity index (χ0) is 46.2. The minimum atomic E-state index is -1.67. The van der Waals surface area contributed by atoms with Crippen LogP contribution in [0.15, 0.2) is 60.8 Å². The van der Waals surface area contributed by atoms with E-state index in [1.807, 2.05) is 0 Å². The van der Waals surface area contributed by atoms with Crippen LogP contribution in [0.25, 0.3) is 0 Å². The maximum atomic E-state index is 13.1. The number of nitrogens with one attached hydrogen (secondary N) is 1. The van der Waals surface area contributed by atoms with Crippen LogP contribution in [-0.4, -0.2) is 110 Å². The molecule has 0 spiro atoms. The van der Waals surface area contributed by atoms with E-state index < -0.39 is 74.2 Å². The van der Waals surface area contributed by atoms with Crippen LogP contribution in [0.4, 0.5) is 0 Å². The molecule has 0 aliphatic carbocycles. The highest BCUT2D eigenvalue weighted by Crippen LogP contribution is 2.23. The van der Waals surface area contributed by atoms with Crippen LogP contribution in [0.5, 0.6) is 0 Å². The summed E-state index contributed by atoms with van der Waals surface area (Å²) in [7, 11) is 0.